The molecule has 4 aliphatic carbocycles. The number of nitro groups is 1. The van der Waals surface area contributed by atoms with Crippen LogP contribution >= 0.6 is 0 Å². The molecule has 1 aromatic rings. The van der Waals surface area contributed by atoms with Crippen molar-refractivity contribution in [2.24, 2.45) is 23.2 Å². The Morgan fingerprint density at radius 1 is 1.22 bits per heavy atom. The van der Waals surface area contributed by atoms with Gasteiger partial charge in [0, 0.05) is 18.2 Å². The third kappa shape index (κ3) is 3.27. The predicted octanol–water partition coefficient (Wildman–Crippen LogP) is 3.43. The van der Waals surface area contributed by atoms with Crippen LogP contribution in [0.25, 0.3) is 0 Å². The standard InChI is InChI=1S/C19H25N3O5/c1-11-16(5-15(21(24)25)6-17(11)22(26)27)18(23)20-10-19-7-12-2-13(8-19)4-14(3-12)9-19/h5-6,12-14,24-25H,2-4,7-10H2,1H3,(H,20,23). The lowest BCUT2D eigenvalue weighted by Crippen LogP contribution is -2.51. The molecule has 1 aromatic carbocycles. The minimum Gasteiger partial charge on any atom is -0.351 e. The molecule has 8 nitrogen and oxygen atoms in total. The molecule has 0 unspecified atom stereocenters. The highest BCUT2D eigenvalue weighted by Crippen LogP contribution is 2.59. The van der Waals surface area contributed by atoms with Crippen LogP contribution in [0.15, 0.2) is 12.1 Å². The predicted molar refractivity (Wildman–Crippen MR) is 96.8 cm³/mol. The molecule has 0 radical (unpaired) electrons. The van der Waals surface area contributed by atoms with Gasteiger partial charge < -0.3 is 5.32 Å². The van der Waals surface area contributed by atoms with Crippen molar-refractivity contribution < 1.29 is 20.1 Å². The maximum absolute atomic E-state index is 12.8. The van der Waals surface area contributed by atoms with E-state index < -0.39 is 10.8 Å². The van der Waals surface area contributed by atoms with Crippen molar-refractivity contribution in [3.8, 4) is 0 Å². The number of nitrogens with one attached hydrogen (secondary N) is 1. The number of rotatable bonds is 5. The summed E-state index contributed by atoms with van der Waals surface area (Å²) in [6, 6.07) is 2.29. The fourth-order valence-electron chi connectivity index (χ4n) is 6.09. The number of carbonyl (C=O) groups excluding carboxylic acids is 1. The molecule has 5 rings (SSSR count). The molecular formula is C19H25N3O5. The molecule has 0 spiro atoms. The zero-order chi connectivity index (χ0) is 19.3. The summed E-state index contributed by atoms with van der Waals surface area (Å²) in [5, 5.41) is 32.5. The summed E-state index contributed by atoms with van der Waals surface area (Å²) in [6.45, 7) is 2.08. The number of nitrogens with zero attached hydrogens (tertiary/aromatic N) is 2. The van der Waals surface area contributed by atoms with Gasteiger partial charge in [0.2, 0.25) is 0 Å². The van der Waals surface area contributed by atoms with Gasteiger partial charge >= 0.3 is 0 Å². The van der Waals surface area contributed by atoms with Crippen LogP contribution in [0, 0.1) is 40.2 Å². The van der Waals surface area contributed by atoms with Gasteiger partial charge in [-0.05, 0) is 74.7 Å². The van der Waals surface area contributed by atoms with Crippen molar-refractivity contribution in [1.29, 1.82) is 0 Å². The average Bonchev–Trinajstić information content (AvgIpc) is 2.58. The Labute approximate surface area is 157 Å². The fraction of sp³-hybridized carbons (Fsp3) is 0.632. The molecule has 0 aliphatic heterocycles. The smallest absolute Gasteiger partial charge is 0.275 e. The number of hydrogen-bond acceptors (Lipinski definition) is 6. The van der Waals surface area contributed by atoms with Gasteiger partial charge in [-0.2, -0.15) is 0 Å². The Balaban J connectivity index is 1.54. The minimum atomic E-state index is -0.627. The molecule has 4 fully saturated rings. The van der Waals surface area contributed by atoms with Crippen molar-refractivity contribution in [3.63, 3.8) is 0 Å². The van der Waals surface area contributed by atoms with Crippen LogP contribution in [0.2, 0.25) is 0 Å². The third-order valence-electron chi connectivity index (χ3n) is 6.83. The number of benzene rings is 1. The summed E-state index contributed by atoms with van der Waals surface area (Å²) in [7, 11) is 0. The van der Waals surface area contributed by atoms with Gasteiger partial charge in [-0.3, -0.25) is 25.3 Å². The van der Waals surface area contributed by atoms with Crippen LogP contribution in [0.3, 0.4) is 0 Å². The van der Waals surface area contributed by atoms with Gasteiger partial charge in [-0.1, -0.05) is 0 Å². The zero-order valence-electron chi connectivity index (χ0n) is 15.4. The Morgan fingerprint density at radius 2 is 1.78 bits per heavy atom. The zero-order valence-corrected chi connectivity index (χ0v) is 15.4. The lowest BCUT2D eigenvalue weighted by molar-refractivity contribution is -0.385. The van der Waals surface area contributed by atoms with Gasteiger partial charge in [0.05, 0.1) is 10.5 Å². The molecule has 27 heavy (non-hydrogen) atoms. The molecular weight excluding hydrogens is 350 g/mol. The normalized spacial score (nSPS) is 31.0. The molecule has 0 atom stereocenters. The van der Waals surface area contributed by atoms with Gasteiger partial charge in [0.25, 0.3) is 11.6 Å². The third-order valence-corrected chi connectivity index (χ3v) is 6.83. The highest BCUT2D eigenvalue weighted by atomic mass is 16.8. The van der Waals surface area contributed by atoms with E-state index in [0.717, 1.165) is 43.1 Å². The first-order valence-corrected chi connectivity index (χ1v) is 9.51. The maximum Gasteiger partial charge on any atom is 0.275 e. The second-order valence-corrected chi connectivity index (χ2v) is 8.78. The van der Waals surface area contributed by atoms with E-state index in [1.807, 2.05) is 0 Å². The van der Waals surface area contributed by atoms with Crippen LogP contribution in [0.4, 0.5) is 11.4 Å². The molecule has 4 saturated carbocycles. The lowest BCUT2D eigenvalue weighted by Gasteiger charge is -2.56. The number of anilines is 1. The van der Waals surface area contributed by atoms with Gasteiger partial charge in [-0.15, -0.1) is 5.23 Å². The summed E-state index contributed by atoms with van der Waals surface area (Å²) in [5.74, 6) is 1.92. The summed E-state index contributed by atoms with van der Waals surface area (Å²) in [5.41, 5.74) is -0.0690. The number of nitro benzene ring substituents is 1. The molecule has 0 saturated heterocycles. The van der Waals surface area contributed by atoms with Gasteiger partial charge in [0.1, 0.15) is 5.69 Å². The van der Waals surface area contributed by atoms with Gasteiger partial charge in [-0.25, -0.2) is 0 Å². The van der Waals surface area contributed by atoms with E-state index in [2.05, 4.69) is 5.32 Å². The second-order valence-electron chi connectivity index (χ2n) is 8.78. The second kappa shape index (κ2) is 6.45. The van der Waals surface area contributed by atoms with Crippen molar-refractivity contribution in [2.45, 2.75) is 45.4 Å². The largest absolute Gasteiger partial charge is 0.351 e. The Morgan fingerprint density at radius 3 is 2.26 bits per heavy atom. The fourth-order valence-corrected chi connectivity index (χ4v) is 6.09. The Bertz CT molecular complexity index is 757. The Hall–Kier alpha value is -2.19. The summed E-state index contributed by atoms with van der Waals surface area (Å²) in [6.07, 6.45) is 7.43. The highest BCUT2D eigenvalue weighted by Gasteiger charge is 2.50. The van der Waals surface area contributed by atoms with E-state index in [9.17, 15) is 25.3 Å². The van der Waals surface area contributed by atoms with Crippen molar-refractivity contribution in [3.05, 3.63) is 33.4 Å². The molecule has 0 heterocycles. The van der Waals surface area contributed by atoms with E-state index in [-0.39, 0.29) is 33.1 Å². The monoisotopic (exact) mass is 375 g/mol. The SMILES string of the molecule is Cc1c(C(=O)NCC23CC4CC(CC(C4)C2)C3)cc(N(O)O)cc1[N+](=O)[O-]. The molecule has 4 aliphatic rings. The summed E-state index contributed by atoms with van der Waals surface area (Å²) >= 11 is 0. The van der Waals surface area contributed by atoms with Crippen LogP contribution in [0.1, 0.15) is 54.4 Å². The molecule has 1 amide bonds. The highest BCUT2D eigenvalue weighted by molar-refractivity contribution is 5.97. The average molecular weight is 375 g/mol. The van der Waals surface area contributed by atoms with E-state index >= 15 is 0 Å². The van der Waals surface area contributed by atoms with Crippen molar-refractivity contribution in [2.75, 3.05) is 11.8 Å². The topological polar surface area (TPSA) is 116 Å². The lowest BCUT2D eigenvalue weighted by atomic mass is 9.49. The van der Waals surface area contributed by atoms with E-state index in [0.29, 0.717) is 6.54 Å². The van der Waals surface area contributed by atoms with E-state index in [1.54, 1.807) is 0 Å². The molecule has 0 aromatic heterocycles. The molecule has 4 bridgehead atoms. The molecule has 3 N–H and O–H groups in total. The molecule has 146 valence electrons. The van der Waals surface area contributed by atoms with Crippen LogP contribution in [-0.4, -0.2) is 27.8 Å². The first-order valence-electron chi connectivity index (χ1n) is 9.51. The van der Waals surface area contributed by atoms with Crippen LogP contribution in [-0.2, 0) is 0 Å². The number of hydrogen-bond donors (Lipinski definition) is 3. The minimum absolute atomic E-state index is 0.0945. The molecule has 8 heteroatoms. The summed E-state index contributed by atoms with van der Waals surface area (Å²) in [4.78, 5) is 23.4. The quantitative estimate of drug-likeness (QED) is 0.536. The van der Waals surface area contributed by atoms with Crippen molar-refractivity contribution in [1.82, 2.24) is 5.32 Å². The van der Waals surface area contributed by atoms with Crippen LogP contribution in [0.5, 0.6) is 0 Å². The maximum atomic E-state index is 12.8. The number of amides is 1. The Kier molecular flexibility index (Phi) is 4.35. The van der Waals surface area contributed by atoms with E-state index in [1.165, 1.54) is 32.3 Å². The number of carbonyl (C=O) groups is 1. The van der Waals surface area contributed by atoms with Crippen LogP contribution < -0.4 is 10.5 Å². The first-order chi connectivity index (χ1) is 12.8. The first kappa shape index (κ1) is 18.2. The summed E-state index contributed by atoms with van der Waals surface area (Å²) < 4.78 is 0. The van der Waals surface area contributed by atoms with Crippen molar-refractivity contribution >= 4 is 17.3 Å². The van der Waals surface area contributed by atoms with E-state index in [4.69, 9.17) is 0 Å². The van der Waals surface area contributed by atoms with Gasteiger partial charge in [0.15, 0.2) is 0 Å².